The molecule has 1 aromatic heterocycles. The van der Waals surface area contributed by atoms with Crippen LogP contribution < -0.4 is 10.2 Å². The SMILES string of the molecule is COCCCNC(=O)CSc1nc(Cl)cc(N2CCN(C(=O)C(C)(C)C)C(C)C2)n1. The maximum Gasteiger partial charge on any atom is 0.230 e. The van der Waals surface area contributed by atoms with Crippen molar-refractivity contribution >= 4 is 41.0 Å². The molecule has 0 aliphatic carbocycles. The number of anilines is 1. The Bertz CT molecular complexity index is 744. The normalized spacial score (nSPS) is 17.2. The van der Waals surface area contributed by atoms with Crippen LogP contribution in [0.3, 0.4) is 0 Å². The first-order valence-electron chi connectivity index (χ1n) is 10.1. The van der Waals surface area contributed by atoms with E-state index in [9.17, 15) is 9.59 Å². The second kappa shape index (κ2) is 11.2. The lowest BCUT2D eigenvalue weighted by molar-refractivity contribution is -0.142. The molecule has 0 radical (unpaired) electrons. The predicted molar refractivity (Wildman–Crippen MR) is 120 cm³/mol. The minimum Gasteiger partial charge on any atom is -0.385 e. The third-order valence-electron chi connectivity index (χ3n) is 4.69. The lowest BCUT2D eigenvalue weighted by Crippen LogP contribution is -2.56. The Hall–Kier alpha value is -1.58. The second-order valence-electron chi connectivity index (χ2n) is 8.36. The first-order valence-corrected chi connectivity index (χ1v) is 11.5. The molecule has 30 heavy (non-hydrogen) atoms. The van der Waals surface area contributed by atoms with E-state index in [0.717, 1.165) is 6.42 Å². The molecular formula is C20H32ClN5O3S. The van der Waals surface area contributed by atoms with Gasteiger partial charge < -0.3 is 19.9 Å². The number of aromatic nitrogens is 2. The molecule has 0 bridgehead atoms. The molecule has 10 heteroatoms. The van der Waals surface area contributed by atoms with E-state index in [-0.39, 0.29) is 23.6 Å². The first kappa shape index (κ1) is 24.7. The van der Waals surface area contributed by atoms with Gasteiger partial charge in [-0.1, -0.05) is 44.1 Å². The molecule has 0 aromatic carbocycles. The molecule has 8 nitrogen and oxygen atoms in total. The summed E-state index contributed by atoms with van der Waals surface area (Å²) in [5.41, 5.74) is -0.400. The fraction of sp³-hybridized carbons (Fsp3) is 0.700. The molecule has 2 heterocycles. The number of methoxy groups -OCH3 is 1. The molecule has 1 aliphatic heterocycles. The van der Waals surface area contributed by atoms with Crippen molar-refractivity contribution in [2.75, 3.05) is 50.5 Å². The van der Waals surface area contributed by atoms with Crippen LogP contribution in [0.5, 0.6) is 0 Å². The number of halogens is 1. The van der Waals surface area contributed by atoms with Crippen molar-refractivity contribution in [3.05, 3.63) is 11.2 Å². The molecule has 168 valence electrons. The zero-order valence-electron chi connectivity index (χ0n) is 18.4. The molecule has 0 spiro atoms. The van der Waals surface area contributed by atoms with E-state index in [1.165, 1.54) is 11.8 Å². The van der Waals surface area contributed by atoms with Crippen LogP contribution in [0.4, 0.5) is 5.82 Å². The Balaban J connectivity index is 1.95. The quantitative estimate of drug-likeness (QED) is 0.277. The number of amides is 2. The van der Waals surface area contributed by atoms with E-state index in [4.69, 9.17) is 16.3 Å². The molecule has 0 saturated carbocycles. The fourth-order valence-electron chi connectivity index (χ4n) is 3.14. The van der Waals surface area contributed by atoms with Crippen molar-refractivity contribution in [2.24, 2.45) is 5.41 Å². The number of ether oxygens (including phenoxy) is 1. The predicted octanol–water partition coefficient (Wildman–Crippen LogP) is 2.46. The van der Waals surface area contributed by atoms with E-state index in [0.29, 0.717) is 48.9 Å². The van der Waals surface area contributed by atoms with Gasteiger partial charge in [0.05, 0.1) is 5.75 Å². The van der Waals surface area contributed by atoms with Crippen molar-refractivity contribution < 1.29 is 14.3 Å². The van der Waals surface area contributed by atoms with Crippen LogP contribution in [0.25, 0.3) is 0 Å². The van der Waals surface area contributed by atoms with E-state index < -0.39 is 5.41 Å². The number of nitrogens with zero attached hydrogens (tertiary/aromatic N) is 4. The van der Waals surface area contributed by atoms with Gasteiger partial charge >= 0.3 is 0 Å². The van der Waals surface area contributed by atoms with Crippen LogP contribution in [0.2, 0.25) is 5.15 Å². The van der Waals surface area contributed by atoms with Crippen LogP contribution in [0, 0.1) is 5.41 Å². The molecule has 1 aromatic rings. The molecule has 2 amide bonds. The number of nitrogens with one attached hydrogen (secondary N) is 1. The molecule has 1 saturated heterocycles. The summed E-state index contributed by atoms with van der Waals surface area (Å²) >= 11 is 7.46. The van der Waals surface area contributed by atoms with Gasteiger partial charge in [-0.25, -0.2) is 9.97 Å². The molecule has 1 N–H and O–H groups in total. The van der Waals surface area contributed by atoms with E-state index >= 15 is 0 Å². The largest absolute Gasteiger partial charge is 0.385 e. The van der Waals surface area contributed by atoms with Gasteiger partial charge in [0.2, 0.25) is 11.8 Å². The summed E-state index contributed by atoms with van der Waals surface area (Å²) in [6.07, 6.45) is 0.770. The van der Waals surface area contributed by atoms with Crippen molar-refractivity contribution in [2.45, 2.75) is 45.3 Å². The molecule has 1 atom stereocenters. The summed E-state index contributed by atoms with van der Waals surface area (Å²) in [6.45, 7) is 11.0. The van der Waals surface area contributed by atoms with Gasteiger partial charge in [0.1, 0.15) is 11.0 Å². The van der Waals surface area contributed by atoms with Gasteiger partial charge in [-0.2, -0.15) is 0 Å². The Morgan fingerprint density at radius 2 is 2.07 bits per heavy atom. The van der Waals surface area contributed by atoms with Crippen molar-refractivity contribution in [1.82, 2.24) is 20.2 Å². The van der Waals surface area contributed by atoms with Gasteiger partial charge in [-0.15, -0.1) is 0 Å². The summed E-state index contributed by atoms with van der Waals surface area (Å²) in [7, 11) is 1.63. The number of rotatable bonds is 8. The minimum absolute atomic E-state index is 0.0631. The average Bonchev–Trinajstić information content (AvgIpc) is 2.68. The summed E-state index contributed by atoms with van der Waals surface area (Å²) in [5, 5.41) is 3.64. The highest BCUT2D eigenvalue weighted by molar-refractivity contribution is 7.99. The van der Waals surface area contributed by atoms with Gasteiger partial charge in [0.15, 0.2) is 5.16 Å². The summed E-state index contributed by atoms with van der Waals surface area (Å²) in [4.78, 5) is 37.5. The Morgan fingerprint density at radius 3 is 2.70 bits per heavy atom. The smallest absolute Gasteiger partial charge is 0.230 e. The van der Waals surface area contributed by atoms with Gasteiger partial charge in [-0.05, 0) is 13.3 Å². The average molecular weight is 458 g/mol. The van der Waals surface area contributed by atoms with Crippen LogP contribution >= 0.6 is 23.4 Å². The third kappa shape index (κ3) is 7.28. The Morgan fingerprint density at radius 1 is 1.33 bits per heavy atom. The third-order valence-corrected chi connectivity index (χ3v) is 5.74. The monoisotopic (exact) mass is 457 g/mol. The molecule has 1 fully saturated rings. The highest BCUT2D eigenvalue weighted by atomic mass is 35.5. The van der Waals surface area contributed by atoms with Crippen LogP contribution in [-0.2, 0) is 14.3 Å². The highest BCUT2D eigenvalue weighted by Crippen LogP contribution is 2.26. The highest BCUT2D eigenvalue weighted by Gasteiger charge is 2.34. The Kier molecular flexibility index (Phi) is 9.18. The van der Waals surface area contributed by atoms with E-state index in [1.807, 2.05) is 32.6 Å². The van der Waals surface area contributed by atoms with Crippen molar-refractivity contribution in [1.29, 1.82) is 0 Å². The lowest BCUT2D eigenvalue weighted by Gasteiger charge is -2.42. The van der Waals surface area contributed by atoms with Crippen LogP contribution in [-0.4, -0.2) is 78.4 Å². The van der Waals surface area contributed by atoms with Gasteiger partial charge in [-0.3, -0.25) is 9.59 Å². The standard InChI is InChI=1S/C20H32ClN5O3S/c1-14-12-25(8-9-26(14)18(28)20(2,3)4)16-11-15(21)23-19(24-16)30-13-17(27)22-7-6-10-29-5/h11,14H,6-10,12-13H2,1-5H3,(H,22,27). The number of thioether (sulfide) groups is 1. The van der Waals surface area contributed by atoms with Crippen LogP contribution in [0.15, 0.2) is 11.2 Å². The zero-order chi connectivity index (χ0) is 22.3. The minimum atomic E-state index is -0.400. The summed E-state index contributed by atoms with van der Waals surface area (Å²) in [6, 6.07) is 1.79. The molecular weight excluding hydrogens is 426 g/mol. The van der Waals surface area contributed by atoms with E-state index in [1.54, 1.807) is 13.2 Å². The summed E-state index contributed by atoms with van der Waals surface area (Å²) in [5.74, 6) is 1.01. The second-order valence-corrected chi connectivity index (χ2v) is 9.69. The molecule has 2 rings (SSSR count). The number of hydrogen-bond donors (Lipinski definition) is 1. The maximum absolute atomic E-state index is 12.7. The van der Waals surface area contributed by atoms with Gasteiger partial charge in [0, 0.05) is 57.4 Å². The number of carbonyl (C=O) groups excluding carboxylic acids is 2. The van der Waals surface area contributed by atoms with Gasteiger partial charge in [0.25, 0.3) is 0 Å². The zero-order valence-corrected chi connectivity index (χ0v) is 20.0. The van der Waals surface area contributed by atoms with Crippen molar-refractivity contribution in [3.8, 4) is 0 Å². The summed E-state index contributed by atoms with van der Waals surface area (Å²) < 4.78 is 4.96. The molecule has 1 aliphatic rings. The first-order chi connectivity index (χ1) is 14.1. The number of carbonyl (C=O) groups is 2. The number of hydrogen-bond acceptors (Lipinski definition) is 7. The number of piperazine rings is 1. The Labute approximate surface area is 188 Å². The topological polar surface area (TPSA) is 87.7 Å². The van der Waals surface area contributed by atoms with E-state index in [2.05, 4.69) is 20.2 Å². The lowest BCUT2D eigenvalue weighted by atomic mass is 9.93. The fourth-order valence-corrected chi connectivity index (χ4v) is 4.05. The molecule has 1 unspecified atom stereocenters. The van der Waals surface area contributed by atoms with Crippen molar-refractivity contribution in [3.63, 3.8) is 0 Å². The maximum atomic E-state index is 12.7. The van der Waals surface area contributed by atoms with Crippen LogP contribution in [0.1, 0.15) is 34.1 Å².